The summed E-state index contributed by atoms with van der Waals surface area (Å²) in [5.74, 6) is 0.905. The summed E-state index contributed by atoms with van der Waals surface area (Å²) < 4.78 is 0. The maximum Gasteiger partial charge on any atom is 0.243 e. The predicted octanol–water partition coefficient (Wildman–Crippen LogP) is 3.84. The van der Waals surface area contributed by atoms with E-state index in [4.69, 9.17) is 5.73 Å². The molecule has 1 saturated heterocycles. The Morgan fingerprint density at radius 1 is 1.03 bits per heavy atom. The number of hydrogen-bond donors (Lipinski definition) is 2. The summed E-state index contributed by atoms with van der Waals surface area (Å²) in [4.78, 5) is 28.3. The number of hydrogen-bond acceptors (Lipinski definition) is 4. The molecule has 2 aliphatic rings. The summed E-state index contributed by atoms with van der Waals surface area (Å²) in [6, 6.07) is 9.77. The van der Waals surface area contributed by atoms with E-state index >= 15 is 0 Å². The van der Waals surface area contributed by atoms with Crippen LogP contribution in [-0.4, -0.2) is 41.6 Å². The van der Waals surface area contributed by atoms with Crippen LogP contribution in [0.5, 0.6) is 0 Å². The highest BCUT2D eigenvalue weighted by Crippen LogP contribution is 2.43. The number of rotatable bonds is 9. The first-order chi connectivity index (χ1) is 14.2. The smallest absolute Gasteiger partial charge is 0.243 e. The van der Waals surface area contributed by atoms with Crippen molar-refractivity contribution in [3.8, 4) is 0 Å². The van der Waals surface area contributed by atoms with Gasteiger partial charge in [-0.05, 0) is 37.8 Å². The first-order valence-corrected chi connectivity index (χ1v) is 12.2. The molecule has 1 aromatic rings. The Kier molecular flexibility index (Phi) is 8.87. The molecule has 0 bridgehead atoms. The zero-order valence-electron chi connectivity index (χ0n) is 17.4. The average Bonchev–Trinajstić information content (AvgIpc) is 3.22. The number of nitrogens with one attached hydrogen (secondary N) is 1. The lowest BCUT2D eigenvalue weighted by atomic mass is 9.88. The molecule has 3 N–H and O–H groups in total. The standard InChI is InChI=1S/C23H35N3O2S/c24-15-9-1-2-10-16-25-21(27)20-17-29-23(19-13-7-4-8-14-19)26(20)22(28)18-11-5-3-6-12-18/h4,7-8,13-14,18,20,23H,1-3,5-6,9-12,15-17,24H2,(H,25,27). The van der Waals surface area contributed by atoms with E-state index in [0.29, 0.717) is 12.3 Å². The van der Waals surface area contributed by atoms with E-state index in [-0.39, 0.29) is 29.1 Å². The van der Waals surface area contributed by atoms with Gasteiger partial charge in [0.25, 0.3) is 0 Å². The molecule has 1 aliphatic carbocycles. The summed E-state index contributed by atoms with van der Waals surface area (Å²) in [6.07, 6.45) is 9.55. The molecule has 5 nitrogen and oxygen atoms in total. The van der Waals surface area contributed by atoms with E-state index in [2.05, 4.69) is 17.4 Å². The van der Waals surface area contributed by atoms with E-state index in [1.807, 2.05) is 23.1 Å². The molecule has 2 fully saturated rings. The van der Waals surface area contributed by atoms with E-state index in [1.54, 1.807) is 11.8 Å². The van der Waals surface area contributed by atoms with Gasteiger partial charge in [-0.2, -0.15) is 0 Å². The Morgan fingerprint density at radius 2 is 1.76 bits per heavy atom. The van der Waals surface area contributed by atoms with Gasteiger partial charge in [-0.3, -0.25) is 9.59 Å². The third-order valence-corrected chi connectivity index (χ3v) is 7.35. The number of benzene rings is 1. The van der Waals surface area contributed by atoms with Gasteiger partial charge in [0.2, 0.25) is 11.8 Å². The monoisotopic (exact) mass is 417 g/mol. The van der Waals surface area contributed by atoms with Crippen molar-refractivity contribution in [2.24, 2.45) is 11.7 Å². The fourth-order valence-electron chi connectivity index (χ4n) is 4.36. The molecule has 0 aromatic heterocycles. The average molecular weight is 418 g/mol. The van der Waals surface area contributed by atoms with E-state index in [9.17, 15) is 9.59 Å². The molecule has 2 amide bonds. The lowest BCUT2D eigenvalue weighted by molar-refractivity contribution is -0.144. The maximum atomic E-state index is 13.5. The third kappa shape index (κ3) is 5.98. The van der Waals surface area contributed by atoms with Crippen molar-refractivity contribution < 1.29 is 9.59 Å². The SMILES string of the molecule is NCCCCCCNC(=O)C1CSC(c2ccccc2)N1C(=O)C1CCCCC1. The van der Waals surface area contributed by atoms with Gasteiger partial charge in [0, 0.05) is 18.2 Å². The molecule has 6 heteroatoms. The van der Waals surface area contributed by atoms with Crippen LogP contribution in [0, 0.1) is 5.92 Å². The lowest BCUT2D eigenvalue weighted by Crippen LogP contribution is -2.50. The Morgan fingerprint density at radius 3 is 2.48 bits per heavy atom. The number of carbonyl (C=O) groups excluding carboxylic acids is 2. The van der Waals surface area contributed by atoms with Crippen LogP contribution in [-0.2, 0) is 9.59 Å². The third-order valence-electron chi connectivity index (χ3n) is 6.03. The van der Waals surface area contributed by atoms with Crippen molar-refractivity contribution >= 4 is 23.6 Å². The number of unbranched alkanes of at least 4 members (excludes halogenated alkanes) is 3. The number of nitrogens with zero attached hydrogens (tertiary/aromatic N) is 1. The minimum absolute atomic E-state index is 0.00100. The van der Waals surface area contributed by atoms with Crippen molar-refractivity contribution in [2.45, 2.75) is 69.2 Å². The lowest BCUT2D eigenvalue weighted by Gasteiger charge is -2.33. The van der Waals surface area contributed by atoms with Gasteiger partial charge in [-0.25, -0.2) is 0 Å². The summed E-state index contributed by atoms with van der Waals surface area (Å²) in [6.45, 7) is 1.40. The summed E-state index contributed by atoms with van der Waals surface area (Å²) >= 11 is 1.71. The minimum atomic E-state index is -0.372. The normalized spacial score (nSPS) is 22.6. The molecular formula is C23H35N3O2S. The number of amides is 2. The van der Waals surface area contributed by atoms with Crippen LogP contribution in [0.4, 0.5) is 0 Å². The molecule has 3 rings (SSSR count). The molecule has 29 heavy (non-hydrogen) atoms. The van der Waals surface area contributed by atoms with Gasteiger partial charge < -0.3 is 16.0 Å². The fourth-order valence-corrected chi connectivity index (χ4v) is 5.80. The molecule has 2 atom stereocenters. The van der Waals surface area contributed by atoms with Gasteiger partial charge in [-0.1, -0.05) is 62.4 Å². The highest BCUT2D eigenvalue weighted by Gasteiger charge is 2.44. The molecular weight excluding hydrogens is 382 g/mol. The van der Waals surface area contributed by atoms with Crippen molar-refractivity contribution in [1.82, 2.24) is 10.2 Å². The quantitative estimate of drug-likeness (QED) is 0.599. The molecule has 1 aromatic carbocycles. The highest BCUT2D eigenvalue weighted by molar-refractivity contribution is 7.99. The van der Waals surface area contributed by atoms with E-state index < -0.39 is 0 Å². The Balaban J connectivity index is 1.66. The van der Waals surface area contributed by atoms with Crippen molar-refractivity contribution in [2.75, 3.05) is 18.8 Å². The predicted molar refractivity (Wildman–Crippen MR) is 119 cm³/mol. The number of thioether (sulfide) groups is 1. The van der Waals surface area contributed by atoms with E-state index in [0.717, 1.165) is 63.5 Å². The van der Waals surface area contributed by atoms with Gasteiger partial charge in [0.15, 0.2) is 0 Å². The summed E-state index contributed by atoms with van der Waals surface area (Å²) in [5.41, 5.74) is 6.64. The zero-order chi connectivity index (χ0) is 20.5. The van der Waals surface area contributed by atoms with Gasteiger partial charge in [0.1, 0.15) is 11.4 Å². The van der Waals surface area contributed by atoms with Crippen molar-refractivity contribution in [3.63, 3.8) is 0 Å². The molecule has 1 aliphatic heterocycles. The largest absolute Gasteiger partial charge is 0.354 e. The molecule has 160 valence electrons. The van der Waals surface area contributed by atoms with Crippen molar-refractivity contribution in [1.29, 1.82) is 0 Å². The number of nitrogens with two attached hydrogens (primary N) is 1. The Labute approximate surface area is 179 Å². The topological polar surface area (TPSA) is 75.4 Å². The molecule has 1 saturated carbocycles. The van der Waals surface area contributed by atoms with E-state index in [1.165, 1.54) is 6.42 Å². The first-order valence-electron chi connectivity index (χ1n) is 11.2. The van der Waals surface area contributed by atoms with Crippen LogP contribution in [0.3, 0.4) is 0 Å². The zero-order valence-corrected chi connectivity index (χ0v) is 18.2. The fraction of sp³-hybridized carbons (Fsp3) is 0.652. The number of carbonyl (C=O) groups is 2. The second-order valence-electron chi connectivity index (χ2n) is 8.19. The second kappa shape index (κ2) is 11.6. The van der Waals surface area contributed by atoms with Crippen LogP contribution in [0.15, 0.2) is 30.3 Å². The summed E-state index contributed by atoms with van der Waals surface area (Å²) in [5, 5.41) is 3.02. The van der Waals surface area contributed by atoms with Crippen LogP contribution in [0.2, 0.25) is 0 Å². The molecule has 2 unspecified atom stereocenters. The van der Waals surface area contributed by atoms with Crippen LogP contribution < -0.4 is 11.1 Å². The van der Waals surface area contributed by atoms with Crippen LogP contribution >= 0.6 is 11.8 Å². The minimum Gasteiger partial charge on any atom is -0.354 e. The summed E-state index contributed by atoms with van der Waals surface area (Å²) in [7, 11) is 0. The molecule has 1 heterocycles. The highest BCUT2D eigenvalue weighted by atomic mass is 32.2. The molecule has 0 radical (unpaired) electrons. The Bertz CT molecular complexity index is 649. The molecule has 0 spiro atoms. The maximum absolute atomic E-state index is 13.5. The van der Waals surface area contributed by atoms with Gasteiger partial charge in [0.05, 0.1) is 0 Å². The first kappa shape index (κ1) is 22.2. The van der Waals surface area contributed by atoms with Crippen LogP contribution in [0.1, 0.15) is 68.7 Å². The second-order valence-corrected chi connectivity index (χ2v) is 9.30. The Hall–Kier alpha value is -1.53. The van der Waals surface area contributed by atoms with Crippen LogP contribution in [0.25, 0.3) is 0 Å². The van der Waals surface area contributed by atoms with Gasteiger partial charge in [-0.15, -0.1) is 11.8 Å². The van der Waals surface area contributed by atoms with Gasteiger partial charge >= 0.3 is 0 Å². The van der Waals surface area contributed by atoms with Crippen molar-refractivity contribution in [3.05, 3.63) is 35.9 Å².